The van der Waals surface area contributed by atoms with Gasteiger partial charge in [0, 0.05) is 30.0 Å². The highest BCUT2D eigenvalue weighted by Gasteiger charge is 2.12. The number of hydrogen-bond donors (Lipinski definition) is 1. The van der Waals surface area contributed by atoms with E-state index in [0.29, 0.717) is 23.5 Å². The van der Waals surface area contributed by atoms with Crippen LogP contribution in [0.15, 0.2) is 22.7 Å². The van der Waals surface area contributed by atoms with Gasteiger partial charge < -0.3 is 10.6 Å². The second-order valence-corrected chi connectivity index (χ2v) is 5.40. The fraction of sp³-hybridized carbons (Fsp3) is 0.333. The van der Waals surface area contributed by atoms with Gasteiger partial charge in [-0.05, 0) is 30.7 Å². The van der Waals surface area contributed by atoms with Crippen LogP contribution in [-0.4, -0.2) is 29.4 Å². The molecule has 0 aliphatic heterocycles. The molecule has 0 radical (unpaired) electrons. The van der Waals surface area contributed by atoms with E-state index in [4.69, 9.17) is 18.0 Å². The summed E-state index contributed by atoms with van der Waals surface area (Å²) in [6.45, 7) is 2.50. The zero-order chi connectivity index (χ0) is 13.0. The van der Waals surface area contributed by atoms with Crippen LogP contribution in [0.1, 0.15) is 22.3 Å². The molecule has 0 fully saturated rings. The molecule has 0 saturated heterocycles. The molecule has 1 rings (SSSR count). The number of benzene rings is 1. The number of amides is 1. The quantitative estimate of drug-likeness (QED) is 0.869. The zero-order valence-corrected chi connectivity index (χ0v) is 12.3. The molecule has 1 amide bonds. The van der Waals surface area contributed by atoms with Gasteiger partial charge in [0.2, 0.25) is 0 Å². The Balaban J connectivity index is 2.77. The normalized spacial score (nSPS) is 10.1. The summed E-state index contributed by atoms with van der Waals surface area (Å²) < 4.78 is 0.906. The van der Waals surface area contributed by atoms with Crippen molar-refractivity contribution in [3.63, 3.8) is 0 Å². The van der Waals surface area contributed by atoms with Crippen LogP contribution < -0.4 is 5.73 Å². The Morgan fingerprint density at radius 3 is 2.65 bits per heavy atom. The summed E-state index contributed by atoms with van der Waals surface area (Å²) in [7, 11) is 1.75. The van der Waals surface area contributed by atoms with Crippen LogP contribution in [0.25, 0.3) is 0 Å². The van der Waals surface area contributed by atoms with Crippen LogP contribution in [0.4, 0.5) is 0 Å². The Kier molecular flexibility index (Phi) is 5.08. The minimum absolute atomic E-state index is 0.0225. The first-order valence-electron chi connectivity index (χ1n) is 5.21. The molecular weight excluding hydrogens is 300 g/mol. The van der Waals surface area contributed by atoms with Gasteiger partial charge in [-0.1, -0.05) is 28.1 Å². The third kappa shape index (κ3) is 4.44. The second-order valence-electron chi connectivity index (χ2n) is 3.96. The van der Waals surface area contributed by atoms with Crippen molar-refractivity contribution in [3.05, 3.63) is 33.8 Å². The number of carbonyl (C=O) groups is 1. The third-order valence-electron chi connectivity index (χ3n) is 2.33. The molecule has 17 heavy (non-hydrogen) atoms. The Morgan fingerprint density at radius 1 is 1.47 bits per heavy atom. The van der Waals surface area contributed by atoms with Gasteiger partial charge in [0.15, 0.2) is 0 Å². The van der Waals surface area contributed by atoms with E-state index in [0.717, 1.165) is 10.0 Å². The number of carbonyl (C=O) groups excluding carboxylic acids is 1. The van der Waals surface area contributed by atoms with E-state index < -0.39 is 0 Å². The average Bonchev–Trinajstić information content (AvgIpc) is 2.23. The maximum atomic E-state index is 12.1. The van der Waals surface area contributed by atoms with Crippen LogP contribution >= 0.6 is 28.1 Å². The number of halogens is 1. The summed E-state index contributed by atoms with van der Waals surface area (Å²) in [6.07, 6.45) is 0.546. The SMILES string of the molecule is Cc1cc(Br)cc(C(=O)N(C)CCC(N)=S)c1. The molecule has 92 valence electrons. The monoisotopic (exact) mass is 314 g/mol. The summed E-state index contributed by atoms with van der Waals surface area (Å²) in [5, 5.41) is 0. The lowest BCUT2D eigenvalue weighted by Crippen LogP contribution is -2.30. The summed E-state index contributed by atoms with van der Waals surface area (Å²) in [6, 6.07) is 5.64. The van der Waals surface area contributed by atoms with E-state index in [2.05, 4.69) is 15.9 Å². The van der Waals surface area contributed by atoms with Gasteiger partial charge in [-0.25, -0.2) is 0 Å². The van der Waals surface area contributed by atoms with Crippen molar-refractivity contribution in [2.75, 3.05) is 13.6 Å². The van der Waals surface area contributed by atoms with Crippen molar-refractivity contribution >= 4 is 39.0 Å². The van der Waals surface area contributed by atoms with Crippen LogP contribution in [0.5, 0.6) is 0 Å². The lowest BCUT2D eigenvalue weighted by Gasteiger charge is -2.17. The smallest absolute Gasteiger partial charge is 0.253 e. The van der Waals surface area contributed by atoms with Crippen molar-refractivity contribution in [1.82, 2.24) is 4.90 Å². The fourth-order valence-corrected chi connectivity index (χ4v) is 2.16. The molecule has 0 unspecified atom stereocenters. The first-order valence-corrected chi connectivity index (χ1v) is 6.41. The second kappa shape index (κ2) is 6.12. The van der Waals surface area contributed by atoms with Crippen molar-refractivity contribution in [2.45, 2.75) is 13.3 Å². The fourth-order valence-electron chi connectivity index (χ4n) is 1.46. The number of nitrogens with two attached hydrogens (primary N) is 1. The molecule has 0 aliphatic carbocycles. The molecule has 5 heteroatoms. The van der Waals surface area contributed by atoms with Crippen molar-refractivity contribution in [3.8, 4) is 0 Å². The van der Waals surface area contributed by atoms with Gasteiger partial charge in [-0.3, -0.25) is 4.79 Å². The maximum Gasteiger partial charge on any atom is 0.253 e. The van der Waals surface area contributed by atoms with Crippen LogP contribution in [-0.2, 0) is 0 Å². The minimum atomic E-state index is -0.0225. The number of aryl methyl sites for hydroxylation is 1. The maximum absolute atomic E-state index is 12.1. The molecule has 0 aromatic heterocycles. The summed E-state index contributed by atoms with van der Waals surface area (Å²) in [5.74, 6) is -0.0225. The van der Waals surface area contributed by atoms with E-state index >= 15 is 0 Å². The largest absolute Gasteiger partial charge is 0.393 e. The molecule has 1 aromatic carbocycles. The Hall–Kier alpha value is -0.940. The molecule has 1 aromatic rings. The van der Waals surface area contributed by atoms with Crippen molar-refractivity contribution < 1.29 is 4.79 Å². The molecule has 0 saturated carbocycles. The predicted octanol–water partition coefficient (Wildman–Crippen LogP) is 2.51. The molecular formula is C12H15BrN2OS. The van der Waals surface area contributed by atoms with Gasteiger partial charge >= 0.3 is 0 Å². The van der Waals surface area contributed by atoms with Gasteiger partial charge in [0.1, 0.15) is 0 Å². The molecule has 3 nitrogen and oxygen atoms in total. The molecule has 0 heterocycles. The molecule has 0 bridgehead atoms. The standard InChI is InChI=1S/C12H15BrN2OS/c1-8-5-9(7-10(13)6-8)12(16)15(2)4-3-11(14)17/h5-7H,3-4H2,1-2H3,(H2,14,17). The molecule has 0 aliphatic rings. The van der Waals surface area contributed by atoms with E-state index in [1.165, 1.54) is 0 Å². The molecule has 0 atom stereocenters. The van der Waals surface area contributed by atoms with Gasteiger partial charge in [-0.2, -0.15) is 0 Å². The van der Waals surface area contributed by atoms with Gasteiger partial charge in [-0.15, -0.1) is 0 Å². The van der Waals surface area contributed by atoms with E-state index in [1.54, 1.807) is 11.9 Å². The summed E-state index contributed by atoms with van der Waals surface area (Å²) in [4.78, 5) is 14.1. The van der Waals surface area contributed by atoms with Gasteiger partial charge in [0.25, 0.3) is 5.91 Å². The van der Waals surface area contributed by atoms with E-state index in [1.807, 2.05) is 25.1 Å². The zero-order valence-electron chi connectivity index (χ0n) is 9.87. The number of nitrogens with zero attached hydrogens (tertiary/aromatic N) is 1. The third-order valence-corrected chi connectivity index (χ3v) is 2.99. The van der Waals surface area contributed by atoms with Crippen LogP contribution in [0.3, 0.4) is 0 Å². The average molecular weight is 315 g/mol. The van der Waals surface area contributed by atoms with Crippen molar-refractivity contribution in [2.24, 2.45) is 5.73 Å². The Labute approximate surface area is 115 Å². The van der Waals surface area contributed by atoms with E-state index in [9.17, 15) is 4.79 Å². The van der Waals surface area contributed by atoms with Crippen LogP contribution in [0, 0.1) is 6.92 Å². The molecule has 2 N–H and O–H groups in total. The molecule has 0 spiro atoms. The Bertz CT molecular complexity index is 428. The number of hydrogen-bond acceptors (Lipinski definition) is 2. The van der Waals surface area contributed by atoms with Crippen molar-refractivity contribution in [1.29, 1.82) is 0 Å². The minimum Gasteiger partial charge on any atom is -0.393 e. The topological polar surface area (TPSA) is 46.3 Å². The highest BCUT2D eigenvalue weighted by molar-refractivity contribution is 9.10. The summed E-state index contributed by atoms with van der Waals surface area (Å²) >= 11 is 8.17. The Morgan fingerprint density at radius 2 is 2.12 bits per heavy atom. The number of rotatable bonds is 4. The highest BCUT2D eigenvalue weighted by atomic mass is 79.9. The first kappa shape index (κ1) is 14.1. The van der Waals surface area contributed by atoms with Crippen LogP contribution in [0.2, 0.25) is 0 Å². The predicted molar refractivity (Wildman–Crippen MR) is 77.2 cm³/mol. The van der Waals surface area contributed by atoms with E-state index in [-0.39, 0.29) is 5.91 Å². The lowest BCUT2D eigenvalue weighted by molar-refractivity contribution is 0.0799. The number of thiocarbonyl (C=S) groups is 1. The first-order chi connectivity index (χ1) is 7.90. The highest BCUT2D eigenvalue weighted by Crippen LogP contribution is 2.16. The summed E-state index contributed by atoms with van der Waals surface area (Å²) in [5.41, 5.74) is 7.13. The lowest BCUT2D eigenvalue weighted by atomic mass is 10.1. The van der Waals surface area contributed by atoms with Gasteiger partial charge in [0.05, 0.1) is 4.99 Å².